The number of amides is 1. The van der Waals surface area contributed by atoms with E-state index in [9.17, 15) is 23.1 Å². The van der Waals surface area contributed by atoms with Gasteiger partial charge in [0.1, 0.15) is 0 Å². The molecule has 0 saturated heterocycles. The maximum Gasteiger partial charge on any atom is 0.416 e. The second-order valence-electron chi connectivity index (χ2n) is 4.50. The van der Waals surface area contributed by atoms with E-state index in [4.69, 9.17) is 0 Å². The third-order valence-corrected chi connectivity index (χ3v) is 3.78. The van der Waals surface area contributed by atoms with Crippen molar-refractivity contribution in [1.82, 2.24) is 4.98 Å². The summed E-state index contributed by atoms with van der Waals surface area (Å²) < 4.78 is 38.9. The van der Waals surface area contributed by atoms with Crippen LogP contribution in [0.15, 0.2) is 41.6 Å². The molecule has 0 aliphatic rings. The fourth-order valence-corrected chi connectivity index (χ4v) is 2.59. The Kier molecular flexibility index (Phi) is 5.15. The Labute approximate surface area is 134 Å². The summed E-state index contributed by atoms with van der Waals surface area (Å²) in [6.07, 6.45) is -1.83. The van der Waals surface area contributed by atoms with Gasteiger partial charge in [0.2, 0.25) is 0 Å². The summed E-state index contributed by atoms with van der Waals surface area (Å²) in [4.78, 5) is 15.9. The molecule has 2 aromatic rings. The van der Waals surface area contributed by atoms with Gasteiger partial charge < -0.3 is 10.4 Å². The molecular weight excluding hydrogens is 329 g/mol. The van der Waals surface area contributed by atoms with Crippen LogP contribution >= 0.6 is 11.8 Å². The van der Waals surface area contributed by atoms with E-state index in [0.717, 1.165) is 17.8 Å². The van der Waals surface area contributed by atoms with Gasteiger partial charge in [0.15, 0.2) is 5.75 Å². The van der Waals surface area contributed by atoms with Gasteiger partial charge in [-0.05, 0) is 30.0 Å². The van der Waals surface area contributed by atoms with Gasteiger partial charge in [-0.1, -0.05) is 6.92 Å². The van der Waals surface area contributed by atoms with E-state index >= 15 is 0 Å². The number of phenols is 1. The van der Waals surface area contributed by atoms with Crippen LogP contribution in [-0.2, 0) is 6.18 Å². The molecule has 23 heavy (non-hydrogen) atoms. The predicted molar refractivity (Wildman–Crippen MR) is 81.7 cm³/mol. The summed E-state index contributed by atoms with van der Waals surface area (Å²) in [5.41, 5.74) is -1.05. The summed E-state index contributed by atoms with van der Waals surface area (Å²) in [5, 5.41) is 12.4. The van der Waals surface area contributed by atoms with Crippen molar-refractivity contribution in [3.05, 3.63) is 47.8 Å². The fourth-order valence-electron chi connectivity index (χ4n) is 1.82. The Morgan fingerprint density at radius 3 is 2.70 bits per heavy atom. The summed E-state index contributed by atoms with van der Waals surface area (Å²) in [6, 6.07) is 4.57. The number of anilines is 1. The Hall–Kier alpha value is -2.22. The Morgan fingerprint density at radius 2 is 2.13 bits per heavy atom. The highest BCUT2D eigenvalue weighted by molar-refractivity contribution is 7.99. The zero-order valence-corrected chi connectivity index (χ0v) is 12.8. The lowest BCUT2D eigenvalue weighted by Gasteiger charge is -2.15. The molecule has 0 bridgehead atoms. The van der Waals surface area contributed by atoms with E-state index in [1.807, 2.05) is 0 Å². The zero-order valence-electron chi connectivity index (χ0n) is 12.0. The number of phenolic OH excluding ortho intramolecular Hbond substituents is 1. The third-order valence-electron chi connectivity index (χ3n) is 2.87. The van der Waals surface area contributed by atoms with Crippen LogP contribution in [-0.4, -0.2) is 21.8 Å². The minimum absolute atomic E-state index is 0.0591. The van der Waals surface area contributed by atoms with Gasteiger partial charge in [-0.2, -0.15) is 13.2 Å². The number of halogens is 3. The summed E-state index contributed by atoms with van der Waals surface area (Å²) in [6.45, 7) is 1.75. The molecule has 0 atom stereocenters. The fraction of sp³-hybridized carbons (Fsp3) is 0.200. The molecule has 2 N–H and O–H groups in total. The standard InChI is InChI=1S/C15H13F3N2O2S/c1-2-23-12-7-10(15(16,17)18)6-11(13(12)21)20-14(22)9-4-3-5-19-8-9/h3-8,21H,2H2,1H3,(H,20,22). The van der Waals surface area contributed by atoms with Crippen molar-refractivity contribution in [1.29, 1.82) is 0 Å². The molecule has 0 radical (unpaired) electrons. The number of hydrogen-bond acceptors (Lipinski definition) is 4. The second-order valence-corrected chi connectivity index (χ2v) is 5.80. The van der Waals surface area contributed by atoms with Gasteiger partial charge in [0, 0.05) is 12.4 Å². The van der Waals surface area contributed by atoms with Crippen molar-refractivity contribution < 1.29 is 23.1 Å². The number of nitrogens with one attached hydrogen (secondary N) is 1. The predicted octanol–water partition coefficient (Wildman–Crippen LogP) is 4.17. The maximum absolute atomic E-state index is 13.0. The number of thioether (sulfide) groups is 1. The van der Waals surface area contributed by atoms with Crippen LogP contribution in [0.2, 0.25) is 0 Å². The van der Waals surface area contributed by atoms with E-state index in [0.29, 0.717) is 11.8 Å². The van der Waals surface area contributed by atoms with Crippen molar-refractivity contribution >= 4 is 23.4 Å². The number of nitrogens with zero attached hydrogens (tertiary/aromatic N) is 1. The molecule has 1 aromatic carbocycles. The Balaban J connectivity index is 2.40. The minimum atomic E-state index is -4.58. The normalized spacial score (nSPS) is 11.3. The summed E-state index contributed by atoms with van der Waals surface area (Å²) in [7, 11) is 0. The number of alkyl halides is 3. The molecular formula is C15H13F3N2O2S. The van der Waals surface area contributed by atoms with Crippen LogP contribution in [0.25, 0.3) is 0 Å². The van der Waals surface area contributed by atoms with Crippen LogP contribution in [0.3, 0.4) is 0 Å². The van der Waals surface area contributed by atoms with Crippen molar-refractivity contribution in [3.8, 4) is 5.75 Å². The van der Waals surface area contributed by atoms with Gasteiger partial charge in [-0.25, -0.2) is 0 Å². The molecule has 1 amide bonds. The molecule has 0 spiro atoms. The van der Waals surface area contributed by atoms with Crippen molar-refractivity contribution in [3.63, 3.8) is 0 Å². The molecule has 0 saturated carbocycles. The number of hydrogen-bond donors (Lipinski definition) is 2. The Morgan fingerprint density at radius 1 is 1.39 bits per heavy atom. The van der Waals surface area contributed by atoms with Crippen LogP contribution in [0.1, 0.15) is 22.8 Å². The van der Waals surface area contributed by atoms with Gasteiger partial charge in [0.05, 0.1) is 21.7 Å². The molecule has 0 fully saturated rings. The van der Waals surface area contributed by atoms with Crippen molar-refractivity contribution in [2.45, 2.75) is 18.0 Å². The number of benzene rings is 1. The molecule has 1 heterocycles. The highest BCUT2D eigenvalue weighted by atomic mass is 32.2. The van der Waals surface area contributed by atoms with Crippen molar-refractivity contribution in [2.75, 3.05) is 11.1 Å². The number of carbonyl (C=O) groups excluding carboxylic acids is 1. The highest BCUT2D eigenvalue weighted by Gasteiger charge is 2.32. The van der Waals surface area contributed by atoms with Gasteiger partial charge >= 0.3 is 6.18 Å². The maximum atomic E-state index is 13.0. The van der Waals surface area contributed by atoms with E-state index in [-0.39, 0.29) is 21.9 Å². The molecule has 8 heteroatoms. The molecule has 4 nitrogen and oxygen atoms in total. The lowest BCUT2D eigenvalue weighted by atomic mass is 10.1. The minimum Gasteiger partial charge on any atom is -0.505 e. The average molecular weight is 342 g/mol. The lowest BCUT2D eigenvalue weighted by molar-refractivity contribution is -0.137. The van der Waals surface area contributed by atoms with E-state index in [1.165, 1.54) is 24.5 Å². The van der Waals surface area contributed by atoms with E-state index in [2.05, 4.69) is 10.3 Å². The molecule has 2 rings (SSSR count). The first-order chi connectivity index (χ1) is 10.8. The number of carbonyl (C=O) groups is 1. The quantitative estimate of drug-likeness (QED) is 0.647. The molecule has 0 unspecified atom stereocenters. The van der Waals surface area contributed by atoms with E-state index in [1.54, 1.807) is 6.92 Å². The smallest absolute Gasteiger partial charge is 0.416 e. The largest absolute Gasteiger partial charge is 0.505 e. The third kappa shape index (κ3) is 4.16. The SMILES string of the molecule is CCSc1cc(C(F)(F)F)cc(NC(=O)c2cccnc2)c1O. The van der Waals surface area contributed by atoms with Gasteiger partial charge in [0.25, 0.3) is 5.91 Å². The first kappa shape index (κ1) is 17.1. The molecule has 122 valence electrons. The molecule has 0 aliphatic carbocycles. The monoisotopic (exact) mass is 342 g/mol. The topological polar surface area (TPSA) is 62.2 Å². The number of aromatic nitrogens is 1. The Bertz CT molecular complexity index is 706. The van der Waals surface area contributed by atoms with Crippen LogP contribution in [0.5, 0.6) is 5.75 Å². The first-order valence-corrected chi connectivity index (χ1v) is 7.60. The molecule has 0 aliphatic heterocycles. The average Bonchev–Trinajstić information content (AvgIpc) is 2.51. The second kappa shape index (κ2) is 6.91. The molecule has 1 aromatic heterocycles. The van der Waals surface area contributed by atoms with Crippen molar-refractivity contribution in [2.24, 2.45) is 0 Å². The summed E-state index contributed by atoms with van der Waals surface area (Å²) in [5.74, 6) is -0.563. The highest BCUT2D eigenvalue weighted by Crippen LogP contribution is 2.41. The van der Waals surface area contributed by atoms with Gasteiger partial charge in [-0.3, -0.25) is 9.78 Å². The van der Waals surface area contributed by atoms with Crippen LogP contribution in [0, 0.1) is 0 Å². The first-order valence-electron chi connectivity index (χ1n) is 6.61. The lowest BCUT2D eigenvalue weighted by Crippen LogP contribution is -2.14. The van der Waals surface area contributed by atoms with Gasteiger partial charge in [-0.15, -0.1) is 11.8 Å². The number of pyridine rings is 1. The zero-order chi connectivity index (χ0) is 17.0. The van der Waals surface area contributed by atoms with Crippen LogP contribution in [0.4, 0.5) is 18.9 Å². The number of aromatic hydroxyl groups is 1. The number of rotatable bonds is 4. The van der Waals surface area contributed by atoms with E-state index < -0.39 is 17.6 Å². The van der Waals surface area contributed by atoms with Crippen LogP contribution < -0.4 is 5.32 Å². The summed E-state index contributed by atoms with van der Waals surface area (Å²) >= 11 is 1.06.